The largest absolute Gasteiger partial charge is 0.336 e. The van der Waals surface area contributed by atoms with Crippen LogP contribution in [0.4, 0.5) is 0 Å². The molecule has 1 rings (SSSR count). The van der Waals surface area contributed by atoms with Gasteiger partial charge in [-0.2, -0.15) is 0 Å². The number of unbranched alkanes of at least 4 members (excludes halogenated alkanes) is 1. The van der Waals surface area contributed by atoms with Crippen LogP contribution in [-0.2, 0) is 0 Å². The minimum Gasteiger partial charge on any atom is -0.336 e. The van der Waals surface area contributed by atoms with Crippen molar-refractivity contribution in [3.8, 4) is 0 Å². The number of carbonyl (C=O) groups excluding carboxylic acids is 1. The van der Waals surface area contributed by atoms with Gasteiger partial charge < -0.3 is 4.90 Å². The summed E-state index contributed by atoms with van der Waals surface area (Å²) in [6.07, 6.45) is 3.16. The van der Waals surface area contributed by atoms with E-state index in [1.54, 1.807) is 0 Å². The molecule has 1 aromatic rings. The van der Waals surface area contributed by atoms with E-state index < -0.39 is 0 Å². The molecule has 1 aromatic carbocycles. The van der Waals surface area contributed by atoms with Gasteiger partial charge in [0, 0.05) is 22.6 Å². The smallest absolute Gasteiger partial charge is 0.254 e. The summed E-state index contributed by atoms with van der Waals surface area (Å²) in [5.41, 5.74) is 1.89. The first-order valence-electron chi connectivity index (χ1n) is 7.07. The average molecular weight is 326 g/mol. The van der Waals surface area contributed by atoms with Crippen LogP contribution in [0.3, 0.4) is 0 Å². The number of rotatable bonds is 6. The fourth-order valence-corrected chi connectivity index (χ4v) is 2.70. The van der Waals surface area contributed by atoms with Crippen LogP contribution in [0.5, 0.6) is 0 Å². The number of aryl methyl sites for hydroxylation is 1. The normalized spacial score (nSPS) is 12.3. The number of carbonyl (C=O) groups is 1. The third-order valence-corrected chi connectivity index (χ3v) is 3.88. The quantitative estimate of drug-likeness (QED) is 0.735. The molecule has 3 heteroatoms. The highest BCUT2D eigenvalue weighted by Gasteiger charge is 2.20. The van der Waals surface area contributed by atoms with Gasteiger partial charge in [-0.1, -0.05) is 36.2 Å². The van der Waals surface area contributed by atoms with E-state index in [0.29, 0.717) is 6.04 Å². The molecule has 0 bridgehead atoms. The number of amides is 1. The van der Waals surface area contributed by atoms with E-state index in [0.717, 1.165) is 41.4 Å². The van der Waals surface area contributed by atoms with Gasteiger partial charge in [0.1, 0.15) is 0 Å². The molecule has 0 fully saturated rings. The number of halogens is 1. The van der Waals surface area contributed by atoms with Gasteiger partial charge in [-0.05, 0) is 50.5 Å². The molecule has 0 aliphatic heterocycles. The van der Waals surface area contributed by atoms with Crippen LogP contribution in [0.1, 0.15) is 56.0 Å². The molecule has 106 valence electrons. The lowest BCUT2D eigenvalue weighted by atomic mass is 10.1. The second kappa shape index (κ2) is 7.68. The second-order valence-electron chi connectivity index (χ2n) is 5.13. The first-order chi connectivity index (χ1) is 8.99. The van der Waals surface area contributed by atoms with Crippen molar-refractivity contribution in [2.75, 3.05) is 6.54 Å². The van der Waals surface area contributed by atoms with Gasteiger partial charge in [0.05, 0.1) is 0 Å². The lowest BCUT2D eigenvalue weighted by Gasteiger charge is -2.29. The topological polar surface area (TPSA) is 20.3 Å². The lowest BCUT2D eigenvalue weighted by molar-refractivity contribution is 0.0685. The van der Waals surface area contributed by atoms with Crippen molar-refractivity contribution in [3.05, 3.63) is 33.8 Å². The Morgan fingerprint density at radius 2 is 2.00 bits per heavy atom. The first-order valence-corrected chi connectivity index (χ1v) is 7.87. The standard InChI is InChI=1S/C16H24BrNO/c1-5-7-8-18(13(4)6-2)16(19)14-9-12(3)10-15(17)11-14/h9-11,13H,5-8H2,1-4H3. The molecular weight excluding hydrogens is 302 g/mol. The highest BCUT2D eigenvalue weighted by atomic mass is 79.9. The maximum atomic E-state index is 12.7. The summed E-state index contributed by atoms with van der Waals surface area (Å²) in [5.74, 6) is 0.146. The second-order valence-corrected chi connectivity index (χ2v) is 6.04. The highest BCUT2D eigenvalue weighted by Crippen LogP contribution is 2.18. The third kappa shape index (κ3) is 4.64. The van der Waals surface area contributed by atoms with Gasteiger partial charge in [-0.15, -0.1) is 0 Å². The van der Waals surface area contributed by atoms with E-state index in [4.69, 9.17) is 0 Å². The zero-order chi connectivity index (χ0) is 14.4. The number of hydrogen-bond acceptors (Lipinski definition) is 1. The van der Waals surface area contributed by atoms with E-state index >= 15 is 0 Å². The Balaban J connectivity index is 2.97. The minimum atomic E-state index is 0.146. The molecule has 0 aromatic heterocycles. The van der Waals surface area contributed by atoms with Gasteiger partial charge in [0.2, 0.25) is 0 Å². The molecule has 0 aliphatic rings. The molecule has 0 saturated carbocycles. The molecular formula is C16H24BrNO. The molecule has 0 aliphatic carbocycles. The highest BCUT2D eigenvalue weighted by molar-refractivity contribution is 9.10. The van der Waals surface area contributed by atoms with Crippen LogP contribution in [0.2, 0.25) is 0 Å². The van der Waals surface area contributed by atoms with E-state index in [1.807, 2.05) is 30.0 Å². The fraction of sp³-hybridized carbons (Fsp3) is 0.562. The number of hydrogen-bond donors (Lipinski definition) is 0. The van der Waals surface area contributed by atoms with Crippen molar-refractivity contribution in [1.29, 1.82) is 0 Å². The number of nitrogens with zero attached hydrogens (tertiary/aromatic N) is 1. The van der Waals surface area contributed by atoms with Crippen LogP contribution < -0.4 is 0 Å². The maximum absolute atomic E-state index is 12.7. The van der Waals surface area contributed by atoms with E-state index in [9.17, 15) is 4.79 Å². The molecule has 1 unspecified atom stereocenters. The fourth-order valence-electron chi connectivity index (χ4n) is 2.10. The van der Waals surface area contributed by atoms with Crippen LogP contribution in [0.15, 0.2) is 22.7 Å². The summed E-state index contributed by atoms with van der Waals surface area (Å²) in [6, 6.07) is 6.19. The average Bonchev–Trinajstić information content (AvgIpc) is 2.37. The third-order valence-electron chi connectivity index (χ3n) is 3.43. The van der Waals surface area contributed by atoms with Gasteiger partial charge in [0.15, 0.2) is 0 Å². The Bertz CT molecular complexity index is 411. The predicted molar refractivity (Wildman–Crippen MR) is 84.6 cm³/mol. The zero-order valence-electron chi connectivity index (χ0n) is 12.4. The van der Waals surface area contributed by atoms with Crippen molar-refractivity contribution in [2.45, 2.75) is 53.0 Å². The first kappa shape index (κ1) is 16.2. The summed E-state index contributed by atoms with van der Waals surface area (Å²) < 4.78 is 0.968. The molecule has 2 nitrogen and oxygen atoms in total. The lowest BCUT2D eigenvalue weighted by Crippen LogP contribution is -2.39. The molecule has 0 N–H and O–H groups in total. The summed E-state index contributed by atoms with van der Waals surface area (Å²) in [5, 5.41) is 0. The van der Waals surface area contributed by atoms with Crippen LogP contribution in [0.25, 0.3) is 0 Å². The van der Waals surface area contributed by atoms with Crippen molar-refractivity contribution in [3.63, 3.8) is 0 Å². The summed E-state index contributed by atoms with van der Waals surface area (Å²) in [6.45, 7) is 9.26. The van der Waals surface area contributed by atoms with E-state index in [2.05, 4.69) is 36.7 Å². The summed E-state index contributed by atoms with van der Waals surface area (Å²) >= 11 is 3.47. The molecule has 19 heavy (non-hydrogen) atoms. The summed E-state index contributed by atoms with van der Waals surface area (Å²) in [4.78, 5) is 14.7. The molecule has 0 spiro atoms. The van der Waals surface area contributed by atoms with E-state index in [1.165, 1.54) is 0 Å². The van der Waals surface area contributed by atoms with Crippen LogP contribution in [-0.4, -0.2) is 23.4 Å². The van der Waals surface area contributed by atoms with Gasteiger partial charge in [-0.25, -0.2) is 0 Å². The molecule has 0 heterocycles. The Kier molecular flexibility index (Phi) is 6.56. The summed E-state index contributed by atoms with van der Waals surface area (Å²) in [7, 11) is 0. The van der Waals surface area contributed by atoms with Gasteiger partial charge in [-0.3, -0.25) is 4.79 Å². The molecule has 1 atom stereocenters. The van der Waals surface area contributed by atoms with Gasteiger partial charge in [0.25, 0.3) is 5.91 Å². The van der Waals surface area contributed by atoms with Crippen molar-refractivity contribution in [2.24, 2.45) is 0 Å². The monoisotopic (exact) mass is 325 g/mol. The van der Waals surface area contributed by atoms with Crippen LogP contribution >= 0.6 is 15.9 Å². The Morgan fingerprint density at radius 1 is 1.32 bits per heavy atom. The molecule has 0 saturated heterocycles. The van der Waals surface area contributed by atoms with E-state index in [-0.39, 0.29) is 5.91 Å². The Morgan fingerprint density at radius 3 is 2.53 bits per heavy atom. The number of benzene rings is 1. The Hall–Kier alpha value is -0.830. The molecule has 1 amide bonds. The minimum absolute atomic E-state index is 0.146. The van der Waals surface area contributed by atoms with Crippen molar-refractivity contribution >= 4 is 21.8 Å². The SMILES string of the molecule is CCCCN(C(=O)c1cc(C)cc(Br)c1)C(C)CC. The molecule has 0 radical (unpaired) electrons. The Labute approximate surface area is 125 Å². The van der Waals surface area contributed by atoms with Crippen molar-refractivity contribution < 1.29 is 4.79 Å². The van der Waals surface area contributed by atoms with Crippen LogP contribution in [0, 0.1) is 6.92 Å². The predicted octanol–water partition coefficient (Wildman–Crippen LogP) is 4.80. The van der Waals surface area contributed by atoms with Gasteiger partial charge >= 0.3 is 0 Å². The maximum Gasteiger partial charge on any atom is 0.254 e. The van der Waals surface area contributed by atoms with Crippen molar-refractivity contribution in [1.82, 2.24) is 4.90 Å². The zero-order valence-corrected chi connectivity index (χ0v) is 14.0.